The molecule has 0 radical (unpaired) electrons. The lowest BCUT2D eigenvalue weighted by atomic mass is 9.77. The van der Waals surface area contributed by atoms with Gasteiger partial charge in [-0.3, -0.25) is 0 Å². The quantitative estimate of drug-likeness (QED) is 0.0515. The van der Waals surface area contributed by atoms with Gasteiger partial charge in [-0.05, 0) is 109 Å². The lowest BCUT2D eigenvalue weighted by molar-refractivity contribution is -0.687. The van der Waals surface area contributed by atoms with Crippen LogP contribution < -0.4 is 9.13 Å². The summed E-state index contributed by atoms with van der Waals surface area (Å²) in [7, 11) is -12.2. The highest BCUT2D eigenvalue weighted by atomic mass is 32.2. The third-order valence-corrected chi connectivity index (χ3v) is 15.9. The first-order valence-corrected chi connectivity index (χ1v) is 27.8. The monoisotopic (exact) mass is 1070 g/mol. The van der Waals surface area contributed by atoms with Crippen molar-refractivity contribution in [3.8, 4) is 67.3 Å². The summed E-state index contributed by atoms with van der Waals surface area (Å²) in [4.78, 5) is 0. The summed E-state index contributed by atoms with van der Waals surface area (Å²) in [6, 6.07) is 59.6. The highest BCUT2D eigenvalue weighted by Gasteiger charge is 2.41. The van der Waals surface area contributed by atoms with E-state index in [4.69, 9.17) is 25.9 Å². The molecule has 0 aliphatic heterocycles. The van der Waals surface area contributed by atoms with Crippen molar-refractivity contribution in [2.24, 2.45) is 0 Å². The number of unbranched alkanes of at least 4 members (excludes halogenated alkanes) is 1. The zero-order chi connectivity index (χ0) is 53.6. The Morgan fingerprint density at radius 3 is 0.816 bits per heavy atom. The molecule has 8 aromatic rings. The number of fused-ring (bicyclic) bond motifs is 12. The predicted molar refractivity (Wildman–Crippen MR) is 276 cm³/mol. The van der Waals surface area contributed by atoms with E-state index in [0.717, 1.165) is 77.3 Å². The maximum atomic E-state index is 10.7. The molecule has 0 bridgehead atoms. The second-order valence-electron chi connectivity index (χ2n) is 19.2. The lowest BCUT2D eigenvalue weighted by Crippen LogP contribution is -2.45. The van der Waals surface area contributed by atoms with E-state index >= 15 is 0 Å². The molecule has 4 aliphatic carbocycles. The Labute approximate surface area is 437 Å². The van der Waals surface area contributed by atoms with Crippen LogP contribution in [0.2, 0.25) is 0 Å². The second kappa shape index (κ2) is 20.9. The molecule has 6 aromatic carbocycles. The number of aromatic nitrogens is 2. The molecule has 16 heteroatoms. The van der Waals surface area contributed by atoms with E-state index < -0.39 is 31.3 Å². The molecule has 0 atom stereocenters. The van der Waals surface area contributed by atoms with Gasteiger partial charge < -0.3 is 9.11 Å². The van der Waals surface area contributed by atoms with Gasteiger partial charge in [-0.25, -0.2) is 16.8 Å². The van der Waals surface area contributed by atoms with Gasteiger partial charge in [0.25, 0.3) is 0 Å². The number of alkyl halides is 6. The van der Waals surface area contributed by atoms with Gasteiger partial charge in [0.15, 0.2) is 20.2 Å². The summed E-state index contributed by atoms with van der Waals surface area (Å²) in [5, 5.41) is 0. The fraction of sp³-hybridized carbons (Fsp3) is 0.233. The van der Waals surface area contributed by atoms with Crippen LogP contribution in [-0.4, -0.2) is 37.0 Å². The Kier molecular flexibility index (Phi) is 14.4. The Hall–Kier alpha value is -6.98. The number of pyridine rings is 2. The zero-order valence-electron chi connectivity index (χ0n) is 40.9. The molecule has 2 aromatic heterocycles. The maximum absolute atomic E-state index is 10.7. The summed E-state index contributed by atoms with van der Waals surface area (Å²) in [6.45, 7) is 1.98. The molecule has 0 saturated heterocycles. The maximum Gasteiger partial charge on any atom is 0.485 e. The van der Waals surface area contributed by atoms with Gasteiger partial charge in [-0.15, -0.1) is 0 Å². The summed E-state index contributed by atoms with van der Waals surface area (Å²) in [5.74, 6) is 0. The van der Waals surface area contributed by atoms with Gasteiger partial charge in [0, 0.05) is 68.5 Å². The highest BCUT2D eigenvalue weighted by molar-refractivity contribution is 7.86. The molecular formula is C60H50F6N2O6S2. The van der Waals surface area contributed by atoms with E-state index in [-0.39, 0.29) is 0 Å². The van der Waals surface area contributed by atoms with Crippen LogP contribution in [0.25, 0.3) is 67.3 Å². The predicted octanol–water partition coefficient (Wildman–Crippen LogP) is 12.2. The molecule has 0 amide bonds. The molecule has 8 nitrogen and oxygen atoms in total. The standard InChI is InChI=1S/C58H50N2.2CHF3O3S/c1-3-21-43(22-4-1)53-49-33-29-39-17-7-11-25-45(39)55(49)59(56-46-26-12-8-18-40(46)30-34-50(53)56)37-15-16-38-60-57-47-27-13-9-19-41(47)31-35-51(57)54(44-23-5-2-6-24-44)52-36-32-42-20-10-14-28-48(42)58(52)60;2*2-1(3,4)8(5,6)7/h1-14,17-28H,15-16,29-38H2;2*(H,5,6,7)/q+2;;/p-2. The van der Waals surface area contributed by atoms with Crippen molar-refractivity contribution in [1.82, 2.24) is 0 Å². The molecule has 12 rings (SSSR count). The molecule has 0 unspecified atom stereocenters. The van der Waals surface area contributed by atoms with Crippen molar-refractivity contribution in [3.05, 3.63) is 202 Å². The van der Waals surface area contributed by atoms with Crippen molar-refractivity contribution in [3.63, 3.8) is 0 Å². The van der Waals surface area contributed by atoms with Gasteiger partial charge in [0.1, 0.15) is 13.1 Å². The topological polar surface area (TPSA) is 122 Å². The van der Waals surface area contributed by atoms with Gasteiger partial charge in [0.05, 0.1) is 0 Å². The Bertz CT molecular complexity index is 3350. The Morgan fingerprint density at radius 2 is 0.579 bits per heavy atom. The molecule has 390 valence electrons. The van der Waals surface area contributed by atoms with Crippen LogP contribution in [0.4, 0.5) is 26.3 Å². The first kappa shape index (κ1) is 52.5. The number of hydrogen-bond donors (Lipinski definition) is 0. The number of aryl methyl sites for hydroxylation is 4. The minimum Gasteiger partial charge on any atom is -0.741 e. The molecule has 0 spiro atoms. The molecule has 76 heavy (non-hydrogen) atoms. The summed E-state index contributed by atoms with van der Waals surface area (Å²) in [6.07, 6.45) is 10.9. The van der Waals surface area contributed by atoms with E-state index in [0.29, 0.717) is 0 Å². The van der Waals surface area contributed by atoms with Gasteiger partial charge in [0.2, 0.25) is 22.8 Å². The first-order chi connectivity index (χ1) is 36.3. The van der Waals surface area contributed by atoms with E-state index in [9.17, 15) is 26.3 Å². The number of hydrogen-bond acceptors (Lipinski definition) is 6. The summed E-state index contributed by atoms with van der Waals surface area (Å²) >= 11 is 0. The summed E-state index contributed by atoms with van der Waals surface area (Å²) < 4.78 is 123. The third-order valence-electron chi connectivity index (χ3n) is 14.8. The van der Waals surface area contributed by atoms with E-state index in [1.54, 1.807) is 22.3 Å². The average molecular weight is 1070 g/mol. The normalized spacial score (nSPS) is 14.1. The van der Waals surface area contributed by atoms with Crippen LogP contribution in [0.1, 0.15) is 57.3 Å². The molecule has 4 aliphatic rings. The largest absolute Gasteiger partial charge is 0.741 e. The highest BCUT2D eigenvalue weighted by Crippen LogP contribution is 2.47. The Balaban J connectivity index is 0.000000359. The average Bonchev–Trinajstić information content (AvgIpc) is 3.43. The van der Waals surface area contributed by atoms with E-state index in [1.165, 1.54) is 89.5 Å². The van der Waals surface area contributed by atoms with Crippen molar-refractivity contribution < 1.29 is 61.4 Å². The fourth-order valence-electron chi connectivity index (χ4n) is 11.7. The minimum atomic E-state index is -6.09. The van der Waals surface area contributed by atoms with Crippen LogP contribution >= 0.6 is 0 Å². The molecule has 0 N–H and O–H groups in total. The number of rotatable bonds is 7. The number of nitrogens with zero attached hydrogens (tertiary/aromatic N) is 2. The minimum absolute atomic E-state index is 0.989. The lowest BCUT2D eigenvalue weighted by Gasteiger charge is -2.29. The van der Waals surface area contributed by atoms with Gasteiger partial charge in [-0.1, -0.05) is 133 Å². The van der Waals surface area contributed by atoms with Crippen LogP contribution in [-0.2, 0) is 84.7 Å². The zero-order valence-corrected chi connectivity index (χ0v) is 42.6. The summed E-state index contributed by atoms with van der Waals surface area (Å²) in [5.41, 5.74) is 18.0. The molecule has 0 fully saturated rings. The number of halogens is 6. The SMILES string of the molecule is O=S(=O)([O-])C(F)(F)F.O=S(=O)([O-])C(F)(F)F.c1ccc(-c2c3c([n+](CCCC[n+]4c5c(c(-c6ccccc6)c6c4-c4ccccc4CC6)CCc4ccccc4-5)c4c2CCc2ccccc2-4)-c2ccccc2CC3)cc1. The van der Waals surface area contributed by atoms with Gasteiger partial charge >= 0.3 is 11.0 Å². The smallest absolute Gasteiger partial charge is 0.485 e. The number of benzene rings is 6. The third kappa shape index (κ3) is 10.1. The van der Waals surface area contributed by atoms with Crippen LogP contribution in [0, 0.1) is 0 Å². The van der Waals surface area contributed by atoms with E-state index in [2.05, 4.69) is 167 Å². The van der Waals surface area contributed by atoms with Crippen LogP contribution in [0.5, 0.6) is 0 Å². The van der Waals surface area contributed by atoms with Crippen molar-refractivity contribution in [1.29, 1.82) is 0 Å². The van der Waals surface area contributed by atoms with Crippen molar-refractivity contribution >= 4 is 20.2 Å². The van der Waals surface area contributed by atoms with Gasteiger partial charge in [-0.2, -0.15) is 35.5 Å². The Morgan fingerprint density at radius 1 is 0.355 bits per heavy atom. The molecule has 2 heterocycles. The molecular weight excluding hydrogens is 1020 g/mol. The van der Waals surface area contributed by atoms with E-state index in [1.807, 2.05) is 0 Å². The van der Waals surface area contributed by atoms with Crippen molar-refractivity contribution in [2.75, 3.05) is 0 Å². The van der Waals surface area contributed by atoms with Crippen LogP contribution in [0.15, 0.2) is 158 Å². The first-order valence-electron chi connectivity index (χ1n) is 25.0. The van der Waals surface area contributed by atoms with Crippen molar-refractivity contribution in [2.45, 2.75) is 88.3 Å². The fourth-order valence-corrected chi connectivity index (χ4v) is 11.7. The van der Waals surface area contributed by atoms with Crippen LogP contribution in [0.3, 0.4) is 0 Å². The molecule has 0 saturated carbocycles. The second-order valence-corrected chi connectivity index (χ2v) is 22.0.